The molecular weight excluding hydrogens is 194 g/mol. The summed E-state index contributed by atoms with van der Waals surface area (Å²) >= 11 is 0. The summed E-state index contributed by atoms with van der Waals surface area (Å²) in [7, 11) is 0. The van der Waals surface area contributed by atoms with Crippen LogP contribution in [0.15, 0.2) is 23.8 Å². The van der Waals surface area contributed by atoms with Crippen LogP contribution in [0.2, 0.25) is 0 Å². The van der Waals surface area contributed by atoms with Crippen molar-refractivity contribution >= 4 is 0 Å². The lowest BCUT2D eigenvalue weighted by atomic mass is 9.99. The van der Waals surface area contributed by atoms with Crippen LogP contribution in [-0.2, 0) is 0 Å². The third kappa shape index (κ3) is 4.66. The normalized spacial score (nSPS) is 17.4. The van der Waals surface area contributed by atoms with E-state index < -0.39 is 0 Å². The molecule has 0 amide bonds. The molecule has 0 aromatic carbocycles. The number of nitrogens with zero attached hydrogens (tertiary/aromatic N) is 1. The van der Waals surface area contributed by atoms with Crippen molar-refractivity contribution in [2.75, 3.05) is 0 Å². The molecule has 0 aromatic heterocycles. The van der Waals surface area contributed by atoms with E-state index in [0.29, 0.717) is 0 Å². The average Bonchev–Trinajstić information content (AvgIpc) is 2.82. The molecule has 1 unspecified atom stereocenters. The van der Waals surface area contributed by atoms with Gasteiger partial charge in [-0.2, -0.15) is 5.26 Å². The van der Waals surface area contributed by atoms with Gasteiger partial charge in [0.15, 0.2) is 0 Å². The molecule has 0 fully saturated rings. The molecule has 1 nitrogen and oxygen atoms in total. The van der Waals surface area contributed by atoms with E-state index in [2.05, 4.69) is 31.2 Å². The molecule has 1 atom stereocenters. The Morgan fingerprint density at radius 3 is 2.94 bits per heavy atom. The smallest absolute Gasteiger partial charge is 0.0853 e. The van der Waals surface area contributed by atoms with Crippen LogP contribution in [0.25, 0.3) is 0 Å². The monoisotopic (exact) mass is 217 g/mol. The van der Waals surface area contributed by atoms with E-state index in [9.17, 15) is 0 Å². The van der Waals surface area contributed by atoms with E-state index >= 15 is 0 Å². The van der Waals surface area contributed by atoms with Crippen LogP contribution in [0.5, 0.6) is 0 Å². The van der Waals surface area contributed by atoms with Gasteiger partial charge in [0.1, 0.15) is 0 Å². The van der Waals surface area contributed by atoms with Crippen LogP contribution in [-0.4, -0.2) is 0 Å². The Labute approximate surface area is 99.9 Å². The van der Waals surface area contributed by atoms with Crippen molar-refractivity contribution in [2.24, 2.45) is 5.92 Å². The fraction of sp³-hybridized carbons (Fsp3) is 0.667. The zero-order valence-corrected chi connectivity index (χ0v) is 10.4. The Hall–Kier alpha value is -1.03. The lowest BCUT2D eigenvalue weighted by molar-refractivity contribution is 0.673. The maximum atomic E-state index is 9.09. The Kier molecular flexibility index (Phi) is 6.65. The van der Waals surface area contributed by atoms with Gasteiger partial charge in [0, 0.05) is 0 Å². The van der Waals surface area contributed by atoms with E-state index in [-0.39, 0.29) is 5.92 Å². The van der Waals surface area contributed by atoms with E-state index in [1.54, 1.807) is 0 Å². The van der Waals surface area contributed by atoms with Gasteiger partial charge in [-0.25, -0.2) is 0 Å². The largest absolute Gasteiger partial charge is 0.197 e. The molecule has 1 rings (SSSR count). The number of unbranched alkanes of at least 4 members (excludes halogenated alkanes) is 4. The van der Waals surface area contributed by atoms with Gasteiger partial charge in [-0.15, -0.1) is 0 Å². The lowest BCUT2D eigenvalue weighted by Crippen LogP contribution is -1.94. The minimum absolute atomic E-state index is 0.0497. The van der Waals surface area contributed by atoms with Crippen LogP contribution in [0.1, 0.15) is 58.3 Å². The summed E-state index contributed by atoms with van der Waals surface area (Å²) in [5, 5.41) is 9.09. The summed E-state index contributed by atoms with van der Waals surface area (Å²) in [6, 6.07) is 2.39. The first-order chi connectivity index (χ1) is 7.88. The standard InChI is InChI=1S/C15H23N/c1-2-3-4-5-6-7-12-15(13-16)14-10-8-9-11-14/h7,10,12,15H,2-6,8-9,11H2,1H3/b12-7+. The van der Waals surface area contributed by atoms with Gasteiger partial charge in [0.25, 0.3) is 0 Å². The number of hydrogen-bond donors (Lipinski definition) is 0. The third-order valence-corrected chi connectivity index (χ3v) is 3.17. The fourth-order valence-corrected chi connectivity index (χ4v) is 2.15. The highest BCUT2D eigenvalue weighted by Gasteiger charge is 2.12. The van der Waals surface area contributed by atoms with Crippen molar-refractivity contribution in [3.8, 4) is 6.07 Å². The van der Waals surface area contributed by atoms with Gasteiger partial charge >= 0.3 is 0 Å². The zero-order chi connectivity index (χ0) is 11.6. The van der Waals surface area contributed by atoms with Gasteiger partial charge < -0.3 is 0 Å². The van der Waals surface area contributed by atoms with Crippen LogP contribution < -0.4 is 0 Å². The summed E-state index contributed by atoms with van der Waals surface area (Å²) in [6.07, 6.45) is 16.4. The molecule has 1 aliphatic carbocycles. The summed E-state index contributed by atoms with van der Waals surface area (Å²) in [5.74, 6) is 0.0497. The second kappa shape index (κ2) is 8.16. The molecule has 1 aliphatic rings. The highest BCUT2D eigenvalue weighted by Crippen LogP contribution is 2.25. The Morgan fingerprint density at radius 2 is 2.31 bits per heavy atom. The van der Waals surface area contributed by atoms with Crippen molar-refractivity contribution in [2.45, 2.75) is 58.3 Å². The summed E-state index contributed by atoms with van der Waals surface area (Å²) in [6.45, 7) is 2.23. The van der Waals surface area contributed by atoms with E-state index in [1.807, 2.05) is 0 Å². The second-order valence-corrected chi connectivity index (χ2v) is 4.56. The second-order valence-electron chi connectivity index (χ2n) is 4.56. The molecule has 16 heavy (non-hydrogen) atoms. The molecular formula is C15H23N. The minimum Gasteiger partial charge on any atom is -0.197 e. The summed E-state index contributed by atoms with van der Waals surface area (Å²) < 4.78 is 0. The minimum atomic E-state index is 0.0497. The molecule has 0 bridgehead atoms. The van der Waals surface area contributed by atoms with Gasteiger partial charge in [-0.1, -0.05) is 50.0 Å². The van der Waals surface area contributed by atoms with Crippen LogP contribution >= 0.6 is 0 Å². The van der Waals surface area contributed by atoms with E-state index in [1.165, 1.54) is 37.7 Å². The average molecular weight is 217 g/mol. The number of allylic oxidation sites excluding steroid dienone is 4. The van der Waals surface area contributed by atoms with Crippen LogP contribution in [0, 0.1) is 17.2 Å². The Bertz CT molecular complexity index is 280. The predicted octanol–water partition coefficient (Wildman–Crippen LogP) is 4.76. The quantitative estimate of drug-likeness (QED) is 0.445. The van der Waals surface area contributed by atoms with Crippen molar-refractivity contribution in [3.05, 3.63) is 23.8 Å². The first-order valence-corrected chi connectivity index (χ1v) is 6.63. The molecule has 0 saturated carbocycles. The molecule has 0 radical (unpaired) electrons. The summed E-state index contributed by atoms with van der Waals surface area (Å²) in [4.78, 5) is 0. The highest BCUT2D eigenvalue weighted by atomic mass is 14.3. The SMILES string of the molecule is CCCCCC/C=C/C(C#N)C1=CCCC1. The van der Waals surface area contributed by atoms with Crippen molar-refractivity contribution in [3.63, 3.8) is 0 Å². The third-order valence-electron chi connectivity index (χ3n) is 3.17. The molecule has 1 heteroatoms. The Balaban J connectivity index is 2.22. The van der Waals surface area contributed by atoms with E-state index in [0.717, 1.165) is 19.3 Å². The lowest BCUT2D eigenvalue weighted by Gasteiger charge is -2.04. The zero-order valence-electron chi connectivity index (χ0n) is 10.4. The first-order valence-electron chi connectivity index (χ1n) is 6.63. The predicted molar refractivity (Wildman–Crippen MR) is 68.9 cm³/mol. The molecule has 0 heterocycles. The van der Waals surface area contributed by atoms with Crippen LogP contribution in [0.4, 0.5) is 0 Å². The molecule has 0 spiro atoms. The van der Waals surface area contributed by atoms with Gasteiger partial charge in [0.05, 0.1) is 12.0 Å². The van der Waals surface area contributed by atoms with Gasteiger partial charge in [0.2, 0.25) is 0 Å². The molecule has 88 valence electrons. The Morgan fingerprint density at radius 1 is 1.44 bits per heavy atom. The number of hydrogen-bond acceptors (Lipinski definition) is 1. The maximum Gasteiger partial charge on any atom is 0.0853 e. The van der Waals surface area contributed by atoms with Crippen molar-refractivity contribution in [1.29, 1.82) is 5.26 Å². The topological polar surface area (TPSA) is 23.8 Å². The fourth-order valence-electron chi connectivity index (χ4n) is 2.15. The maximum absolute atomic E-state index is 9.09. The summed E-state index contributed by atoms with van der Waals surface area (Å²) in [5.41, 5.74) is 1.34. The highest BCUT2D eigenvalue weighted by molar-refractivity contribution is 5.23. The van der Waals surface area contributed by atoms with Crippen molar-refractivity contribution < 1.29 is 0 Å². The molecule has 0 saturated heterocycles. The van der Waals surface area contributed by atoms with E-state index in [4.69, 9.17) is 5.26 Å². The first kappa shape index (κ1) is 13.0. The molecule has 0 aromatic rings. The van der Waals surface area contributed by atoms with Gasteiger partial charge in [-0.05, 0) is 32.1 Å². The van der Waals surface area contributed by atoms with Gasteiger partial charge in [-0.3, -0.25) is 0 Å². The number of rotatable bonds is 7. The van der Waals surface area contributed by atoms with Crippen molar-refractivity contribution in [1.82, 2.24) is 0 Å². The molecule has 0 N–H and O–H groups in total. The molecule has 0 aliphatic heterocycles. The number of nitriles is 1. The van der Waals surface area contributed by atoms with Crippen LogP contribution in [0.3, 0.4) is 0 Å².